The molecule has 0 aromatic heterocycles. The van der Waals surface area contributed by atoms with Gasteiger partial charge < -0.3 is 61.6 Å². The number of hydrogen-bond donors (Lipinski definition) is 11. The van der Waals surface area contributed by atoms with Crippen molar-refractivity contribution in [3.05, 3.63) is 10.1 Å². The van der Waals surface area contributed by atoms with Gasteiger partial charge in [-0.15, -0.1) is 0 Å². The molecule has 372 valence electrons. The number of amides is 3. The number of rotatable bonds is 40. The Morgan fingerprint density at radius 1 is 0.364 bits per heavy atom. The van der Waals surface area contributed by atoms with E-state index < -0.39 is 221 Å². The van der Waals surface area contributed by atoms with Gasteiger partial charge in [-0.3, -0.25) is 62.9 Å². The maximum absolute atomic E-state index is 13.6. The van der Waals surface area contributed by atoms with Gasteiger partial charge >= 0.3 is 47.8 Å². The lowest BCUT2D eigenvalue weighted by Gasteiger charge is -2.36. The Morgan fingerprint density at radius 3 is 0.727 bits per heavy atom. The number of nitro groups is 1. The lowest BCUT2D eigenvalue weighted by atomic mass is 9.81. The van der Waals surface area contributed by atoms with E-state index in [1.165, 1.54) is 0 Å². The van der Waals surface area contributed by atoms with E-state index in [1.807, 2.05) is 0 Å². The van der Waals surface area contributed by atoms with Crippen LogP contribution in [0.4, 0.5) is 0 Å². The van der Waals surface area contributed by atoms with Crippen LogP contribution in [0.5, 0.6) is 0 Å². The van der Waals surface area contributed by atoms with Crippen LogP contribution >= 0.6 is 0 Å². The van der Waals surface area contributed by atoms with Crippen LogP contribution in [0.2, 0.25) is 0 Å². The highest BCUT2D eigenvalue weighted by molar-refractivity contribution is 5.80. The Hall–Kier alpha value is -6.76. The molecule has 26 heteroatoms. The second-order valence-electron chi connectivity index (χ2n) is 16.3. The van der Waals surface area contributed by atoms with Crippen LogP contribution in [0.25, 0.3) is 0 Å². The molecule has 0 aliphatic carbocycles. The molecule has 0 saturated heterocycles. The summed E-state index contributed by atoms with van der Waals surface area (Å²) in [5, 5.41) is 95.5. The van der Waals surface area contributed by atoms with Crippen molar-refractivity contribution in [2.75, 3.05) is 0 Å². The minimum absolute atomic E-state index is 0.232. The highest BCUT2D eigenvalue weighted by Gasteiger charge is 2.45. The molecule has 26 nitrogen and oxygen atoms in total. The number of carbonyl (C=O) groups is 12. The summed E-state index contributed by atoms with van der Waals surface area (Å²) in [5.41, 5.74) is -7.56. The molecule has 0 atom stereocenters. The molecule has 11 N–H and O–H groups in total. The molecule has 0 heterocycles. The Labute approximate surface area is 377 Å². The van der Waals surface area contributed by atoms with Crippen LogP contribution in [-0.2, 0) is 57.5 Å². The van der Waals surface area contributed by atoms with Crippen molar-refractivity contribution in [2.24, 2.45) is 0 Å². The van der Waals surface area contributed by atoms with Crippen LogP contribution < -0.4 is 16.0 Å². The van der Waals surface area contributed by atoms with Gasteiger partial charge in [-0.05, 0) is 57.8 Å². The summed E-state index contributed by atoms with van der Waals surface area (Å²) in [7, 11) is 0. The van der Waals surface area contributed by atoms with Crippen LogP contribution in [0.15, 0.2) is 0 Å². The average Bonchev–Trinajstić information content (AvgIpc) is 3.21. The van der Waals surface area contributed by atoms with Crippen molar-refractivity contribution >= 4 is 71.8 Å². The van der Waals surface area contributed by atoms with Crippen molar-refractivity contribution in [3.8, 4) is 0 Å². The summed E-state index contributed by atoms with van der Waals surface area (Å²) in [5.74, 6) is -14.1. The first-order chi connectivity index (χ1) is 30.6. The SMILES string of the molecule is O=CCCC(CCC(=O)O)(CCC(=O)O)NC(=O)CCC(CCC(=O)NC(CCC(=O)O)(CCC(=O)O)CCC(=O)O)(CCC(=O)NC(CCC(=O)O)(CCC(=O)O)CCC(=O)O)[N+](=O)[O-]. The van der Waals surface area contributed by atoms with Crippen molar-refractivity contribution in [2.45, 2.75) is 176 Å². The van der Waals surface area contributed by atoms with E-state index in [1.54, 1.807) is 0 Å². The Balaban J connectivity index is 7.22. The molecule has 0 fully saturated rings. The molecule has 3 amide bonds. The molecule has 0 aromatic rings. The van der Waals surface area contributed by atoms with Crippen LogP contribution in [-0.4, -0.2) is 140 Å². The predicted molar refractivity (Wildman–Crippen MR) is 220 cm³/mol. The molecule has 0 rings (SSSR count). The van der Waals surface area contributed by atoms with Gasteiger partial charge in [0.05, 0.1) is 0 Å². The summed E-state index contributed by atoms with van der Waals surface area (Å²) in [4.78, 5) is 157. The lowest BCUT2D eigenvalue weighted by molar-refractivity contribution is -0.573. The normalized spacial score (nSPS) is 11.7. The summed E-state index contributed by atoms with van der Waals surface area (Å²) < 4.78 is 0. The third-order valence-corrected chi connectivity index (χ3v) is 11.3. The molecule has 0 aliphatic heterocycles. The number of carboxylic acids is 8. The van der Waals surface area contributed by atoms with Gasteiger partial charge in [0, 0.05) is 118 Å². The minimum atomic E-state index is -2.43. The number of carboxylic acid groups (broad SMARTS) is 8. The summed E-state index contributed by atoms with van der Waals surface area (Å²) >= 11 is 0. The van der Waals surface area contributed by atoms with Gasteiger partial charge in [0.15, 0.2) is 0 Å². The first kappa shape index (κ1) is 59.2. The third-order valence-electron chi connectivity index (χ3n) is 11.3. The molecule has 0 unspecified atom stereocenters. The van der Waals surface area contributed by atoms with Gasteiger partial charge in [0.25, 0.3) is 0 Å². The van der Waals surface area contributed by atoms with E-state index in [-0.39, 0.29) is 25.7 Å². The fourth-order valence-corrected chi connectivity index (χ4v) is 7.55. The molecule has 0 aromatic carbocycles. The smallest absolute Gasteiger partial charge is 0.303 e. The maximum Gasteiger partial charge on any atom is 0.303 e. The minimum Gasteiger partial charge on any atom is -0.481 e. The summed E-state index contributed by atoms with van der Waals surface area (Å²) in [6.07, 6.45) is -13.6. The standard InChI is InChI=1S/C40H60N4O22/c45-25-1-13-37(14-5-29(49)50,15-6-30(51)52)41-26(46)2-22-40(44(65)66,23-3-27(47)42-38(16-7-31(53)54,17-8-32(55)56)18-9-33(57)58)24-4-28(48)43-39(19-10-34(59)60,20-11-35(61)62)21-12-36(63)64/h25H,1-24H2,(H,41,46)(H,42,47)(H,43,48)(H,49,50)(H,51,52)(H,53,54)(H,55,56)(H,57,58)(H,59,60)(H,61,62)(H,63,64). The highest BCUT2D eigenvalue weighted by Crippen LogP contribution is 2.33. The molecule has 0 aliphatic rings. The zero-order valence-corrected chi connectivity index (χ0v) is 36.3. The maximum atomic E-state index is 13.6. The van der Waals surface area contributed by atoms with Crippen molar-refractivity contribution < 1.29 is 103 Å². The Bertz CT molecular complexity index is 1590. The Kier molecular flexibility index (Phi) is 26.0. The second kappa shape index (κ2) is 28.9. The van der Waals surface area contributed by atoms with E-state index in [0.717, 1.165) is 0 Å². The van der Waals surface area contributed by atoms with Crippen LogP contribution in [0, 0.1) is 10.1 Å². The van der Waals surface area contributed by atoms with Crippen molar-refractivity contribution in [1.29, 1.82) is 0 Å². The van der Waals surface area contributed by atoms with Crippen LogP contribution in [0.1, 0.15) is 154 Å². The largest absolute Gasteiger partial charge is 0.481 e. The van der Waals surface area contributed by atoms with Crippen LogP contribution in [0.3, 0.4) is 0 Å². The van der Waals surface area contributed by atoms with Gasteiger partial charge in [-0.2, -0.15) is 0 Å². The predicted octanol–water partition coefficient (Wildman–Crippen LogP) is 1.81. The fourth-order valence-electron chi connectivity index (χ4n) is 7.55. The zero-order valence-electron chi connectivity index (χ0n) is 36.3. The topological polar surface area (TPSA) is 446 Å². The first-order valence-electron chi connectivity index (χ1n) is 20.9. The molecule has 0 radical (unpaired) electrons. The molecule has 0 saturated carbocycles. The lowest BCUT2D eigenvalue weighted by Crippen LogP contribution is -2.51. The molecule has 0 bridgehead atoms. The van der Waals surface area contributed by atoms with Crippen molar-refractivity contribution in [3.63, 3.8) is 0 Å². The average molecular weight is 949 g/mol. The number of nitrogens with zero attached hydrogens (tertiary/aromatic N) is 1. The molecule has 66 heavy (non-hydrogen) atoms. The monoisotopic (exact) mass is 948 g/mol. The van der Waals surface area contributed by atoms with Gasteiger partial charge in [-0.1, -0.05) is 0 Å². The van der Waals surface area contributed by atoms with Gasteiger partial charge in [0.2, 0.25) is 23.3 Å². The number of aldehydes is 1. The Morgan fingerprint density at radius 2 is 0.561 bits per heavy atom. The van der Waals surface area contributed by atoms with E-state index >= 15 is 0 Å². The van der Waals surface area contributed by atoms with E-state index in [2.05, 4.69) is 16.0 Å². The highest BCUT2D eigenvalue weighted by atomic mass is 16.6. The fraction of sp³-hybridized carbons (Fsp3) is 0.700. The second-order valence-corrected chi connectivity index (χ2v) is 16.3. The number of hydrogen-bond acceptors (Lipinski definition) is 14. The number of carbonyl (C=O) groups excluding carboxylic acids is 4. The van der Waals surface area contributed by atoms with E-state index in [4.69, 9.17) is 0 Å². The van der Waals surface area contributed by atoms with E-state index in [9.17, 15) is 109 Å². The quantitative estimate of drug-likeness (QED) is 0.0237. The van der Waals surface area contributed by atoms with E-state index in [0.29, 0.717) is 6.29 Å². The summed E-state index contributed by atoms with van der Waals surface area (Å²) in [6, 6.07) is 0. The zero-order chi connectivity index (χ0) is 50.7. The molecular weight excluding hydrogens is 888 g/mol. The summed E-state index contributed by atoms with van der Waals surface area (Å²) in [6.45, 7) is 0. The van der Waals surface area contributed by atoms with Gasteiger partial charge in [0.1, 0.15) is 6.29 Å². The molecular formula is C40H60N4O22. The number of aliphatic carboxylic acids is 8. The first-order valence-corrected chi connectivity index (χ1v) is 20.9. The van der Waals surface area contributed by atoms with Gasteiger partial charge in [-0.25, -0.2) is 0 Å². The number of nitrogens with one attached hydrogen (secondary N) is 3. The van der Waals surface area contributed by atoms with Crippen molar-refractivity contribution in [1.82, 2.24) is 16.0 Å². The molecule has 0 spiro atoms. The third kappa shape index (κ3) is 24.9.